The summed E-state index contributed by atoms with van der Waals surface area (Å²) in [4.78, 5) is 22.2. The first-order valence-electron chi connectivity index (χ1n) is 9.88. The molecule has 0 amide bonds. The third-order valence-electron chi connectivity index (χ3n) is 4.69. The molecule has 0 bridgehead atoms. The van der Waals surface area contributed by atoms with Crippen molar-refractivity contribution in [1.82, 2.24) is 0 Å². The molecule has 0 fully saturated rings. The molecule has 0 spiro atoms. The normalized spacial score (nSPS) is 10.6. The molecule has 0 aliphatic carbocycles. The number of hydrogen-bond donors (Lipinski definition) is 0. The number of esters is 1. The molecule has 0 saturated carbocycles. The summed E-state index contributed by atoms with van der Waals surface area (Å²) in [7, 11) is 0. The van der Waals surface area contributed by atoms with Crippen molar-refractivity contribution < 1.29 is 14.5 Å². The Morgan fingerprint density at radius 1 is 0.871 bits per heavy atom. The Hall–Kier alpha value is -3.99. The molecule has 3 rings (SSSR count). The molecule has 3 aromatic carbocycles. The van der Waals surface area contributed by atoms with Gasteiger partial charge in [-0.2, -0.15) is 0 Å². The average Bonchev–Trinajstić information content (AvgIpc) is 2.76. The summed E-state index contributed by atoms with van der Waals surface area (Å²) in [6, 6.07) is 22.0. The Kier molecular flexibility index (Phi) is 7.12. The predicted octanol–water partition coefficient (Wildman–Crippen LogP) is 6.20. The molecule has 31 heavy (non-hydrogen) atoms. The van der Waals surface area contributed by atoms with E-state index >= 15 is 0 Å². The fourth-order valence-corrected chi connectivity index (χ4v) is 2.96. The van der Waals surface area contributed by atoms with Crippen molar-refractivity contribution in [3.63, 3.8) is 0 Å². The summed E-state index contributed by atoms with van der Waals surface area (Å²) >= 11 is 0. The van der Waals surface area contributed by atoms with Gasteiger partial charge in [-0.3, -0.25) is 14.9 Å². The lowest BCUT2D eigenvalue weighted by atomic mass is 9.96. The van der Waals surface area contributed by atoms with Crippen LogP contribution >= 0.6 is 0 Å². The maximum absolute atomic E-state index is 12.1. The van der Waals surface area contributed by atoms with Gasteiger partial charge in [0.1, 0.15) is 5.75 Å². The monoisotopic (exact) mass is 413 g/mol. The molecule has 3 aromatic rings. The van der Waals surface area contributed by atoms with Gasteiger partial charge in [0.2, 0.25) is 0 Å². The van der Waals surface area contributed by atoms with Crippen molar-refractivity contribution in [3.05, 3.63) is 123 Å². The molecule has 0 unspecified atom stereocenters. The maximum atomic E-state index is 12.1. The van der Waals surface area contributed by atoms with Gasteiger partial charge in [-0.05, 0) is 42.7 Å². The van der Waals surface area contributed by atoms with E-state index in [0.29, 0.717) is 0 Å². The van der Waals surface area contributed by atoms with Crippen LogP contribution in [0.3, 0.4) is 0 Å². The zero-order valence-corrected chi connectivity index (χ0v) is 17.4. The van der Waals surface area contributed by atoms with E-state index in [0.717, 1.165) is 16.7 Å². The number of rotatable bonds is 7. The van der Waals surface area contributed by atoms with Gasteiger partial charge in [0.15, 0.2) is 0 Å². The number of nitro benzene ring substituents is 1. The van der Waals surface area contributed by atoms with Crippen LogP contribution < -0.4 is 4.74 Å². The minimum Gasteiger partial charge on any atom is -0.426 e. The van der Waals surface area contributed by atoms with E-state index in [1.54, 1.807) is 6.08 Å². The first-order chi connectivity index (χ1) is 14.9. The van der Waals surface area contributed by atoms with Crippen LogP contribution in [0.15, 0.2) is 91.0 Å². The first kappa shape index (κ1) is 21.7. The van der Waals surface area contributed by atoms with Crippen LogP contribution in [0.25, 0.3) is 5.57 Å². The molecular weight excluding hydrogens is 390 g/mol. The Morgan fingerprint density at radius 2 is 1.39 bits per heavy atom. The molecule has 5 heteroatoms. The van der Waals surface area contributed by atoms with Crippen molar-refractivity contribution >= 4 is 17.2 Å². The minimum atomic E-state index is -0.500. The molecule has 0 atom stereocenters. The van der Waals surface area contributed by atoms with Gasteiger partial charge in [-0.1, -0.05) is 77.9 Å². The molecule has 0 aromatic heterocycles. The van der Waals surface area contributed by atoms with E-state index < -0.39 is 10.9 Å². The standard InChI is InChI=1S/C26H23NO4/c1-19-7-11-21(12-8-19)25(22-13-9-20(2)10-14-22)5-3-4-6-26(28)31-24-17-15-23(16-18-24)27(29)30/h3-5,7-18H,6H2,1-2H3/b4-3+. The second-order valence-electron chi connectivity index (χ2n) is 7.17. The highest BCUT2D eigenvalue weighted by molar-refractivity contribution is 5.81. The quantitative estimate of drug-likeness (QED) is 0.152. The Bertz CT molecular complexity index is 1060. The van der Waals surface area contributed by atoms with Gasteiger partial charge < -0.3 is 4.74 Å². The topological polar surface area (TPSA) is 69.4 Å². The summed E-state index contributed by atoms with van der Waals surface area (Å²) in [6.07, 6.45) is 5.64. The first-order valence-corrected chi connectivity index (χ1v) is 9.88. The van der Waals surface area contributed by atoms with Crippen molar-refractivity contribution in [2.45, 2.75) is 20.3 Å². The van der Waals surface area contributed by atoms with Crippen molar-refractivity contribution in [1.29, 1.82) is 0 Å². The van der Waals surface area contributed by atoms with Crippen molar-refractivity contribution in [2.75, 3.05) is 0 Å². The number of aryl methyl sites for hydroxylation is 2. The number of nitro groups is 1. The predicted molar refractivity (Wildman–Crippen MR) is 122 cm³/mol. The Labute approximate surface area is 181 Å². The van der Waals surface area contributed by atoms with E-state index in [2.05, 4.69) is 62.4 Å². The fraction of sp³-hybridized carbons (Fsp3) is 0.115. The summed E-state index contributed by atoms with van der Waals surface area (Å²) in [5.74, 6) is -0.162. The van der Waals surface area contributed by atoms with Gasteiger partial charge in [-0.25, -0.2) is 0 Å². The van der Waals surface area contributed by atoms with Crippen LogP contribution in [0.4, 0.5) is 5.69 Å². The van der Waals surface area contributed by atoms with Crippen LogP contribution in [0.2, 0.25) is 0 Å². The fourth-order valence-electron chi connectivity index (χ4n) is 2.96. The summed E-state index contributed by atoms with van der Waals surface area (Å²) in [6.45, 7) is 4.10. The van der Waals surface area contributed by atoms with Crippen LogP contribution in [-0.2, 0) is 4.79 Å². The third kappa shape index (κ3) is 6.24. The number of ether oxygens (including phenoxy) is 1. The van der Waals surface area contributed by atoms with Gasteiger partial charge in [0.25, 0.3) is 5.69 Å². The molecule has 0 aliphatic heterocycles. The zero-order valence-electron chi connectivity index (χ0n) is 17.4. The molecule has 0 saturated heterocycles. The number of carbonyl (C=O) groups excluding carboxylic acids is 1. The number of benzene rings is 3. The lowest BCUT2D eigenvalue weighted by Gasteiger charge is -2.09. The van der Waals surface area contributed by atoms with E-state index in [-0.39, 0.29) is 17.9 Å². The van der Waals surface area contributed by atoms with E-state index in [9.17, 15) is 14.9 Å². The van der Waals surface area contributed by atoms with Crippen LogP contribution in [0, 0.1) is 24.0 Å². The smallest absolute Gasteiger partial charge is 0.315 e. The average molecular weight is 413 g/mol. The third-order valence-corrected chi connectivity index (χ3v) is 4.69. The van der Waals surface area contributed by atoms with E-state index in [4.69, 9.17) is 4.74 Å². The molecule has 0 aliphatic rings. The molecular formula is C26H23NO4. The minimum absolute atomic E-state index is 0.0513. The second-order valence-corrected chi connectivity index (χ2v) is 7.17. The number of carbonyl (C=O) groups is 1. The Balaban J connectivity index is 1.70. The lowest BCUT2D eigenvalue weighted by Crippen LogP contribution is -2.06. The SMILES string of the molecule is Cc1ccc(C(=C/C=C/CC(=O)Oc2ccc([N+](=O)[O-])cc2)c2ccc(C)cc2)cc1. The molecule has 5 nitrogen and oxygen atoms in total. The zero-order chi connectivity index (χ0) is 22.2. The van der Waals surface area contributed by atoms with Gasteiger partial charge in [-0.15, -0.1) is 0 Å². The lowest BCUT2D eigenvalue weighted by molar-refractivity contribution is -0.384. The summed E-state index contributed by atoms with van der Waals surface area (Å²) < 4.78 is 5.22. The molecule has 0 heterocycles. The van der Waals surface area contributed by atoms with Gasteiger partial charge in [0.05, 0.1) is 11.3 Å². The highest BCUT2D eigenvalue weighted by Gasteiger charge is 2.07. The van der Waals surface area contributed by atoms with Crippen LogP contribution in [0.5, 0.6) is 5.75 Å². The van der Waals surface area contributed by atoms with Crippen LogP contribution in [-0.4, -0.2) is 10.9 Å². The summed E-state index contributed by atoms with van der Waals surface area (Å²) in [5.41, 5.74) is 5.57. The number of non-ortho nitro benzene ring substituents is 1. The van der Waals surface area contributed by atoms with Crippen molar-refractivity contribution in [2.24, 2.45) is 0 Å². The molecule has 156 valence electrons. The highest BCUT2D eigenvalue weighted by atomic mass is 16.6. The summed E-state index contributed by atoms with van der Waals surface area (Å²) in [5, 5.41) is 10.7. The van der Waals surface area contributed by atoms with E-state index in [1.165, 1.54) is 35.4 Å². The highest BCUT2D eigenvalue weighted by Crippen LogP contribution is 2.24. The van der Waals surface area contributed by atoms with Gasteiger partial charge in [0, 0.05) is 12.1 Å². The number of allylic oxidation sites excluding steroid dienone is 2. The molecule has 0 radical (unpaired) electrons. The van der Waals surface area contributed by atoms with Crippen LogP contribution in [0.1, 0.15) is 28.7 Å². The Morgan fingerprint density at radius 3 is 1.87 bits per heavy atom. The second kappa shape index (κ2) is 10.2. The largest absolute Gasteiger partial charge is 0.426 e. The van der Waals surface area contributed by atoms with Gasteiger partial charge >= 0.3 is 5.97 Å². The molecule has 0 N–H and O–H groups in total. The van der Waals surface area contributed by atoms with Crippen molar-refractivity contribution in [3.8, 4) is 5.75 Å². The number of nitrogens with zero attached hydrogens (tertiary/aromatic N) is 1. The van der Waals surface area contributed by atoms with E-state index in [1.807, 2.05) is 12.2 Å². The number of hydrogen-bond acceptors (Lipinski definition) is 4. The maximum Gasteiger partial charge on any atom is 0.315 e.